The number of anilines is 2. The van der Waals surface area contributed by atoms with Crippen molar-refractivity contribution in [3.63, 3.8) is 0 Å². The summed E-state index contributed by atoms with van der Waals surface area (Å²) in [7, 11) is -3.58. The van der Waals surface area contributed by atoms with Crippen molar-refractivity contribution in [1.29, 1.82) is 0 Å². The van der Waals surface area contributed by atoms with Gasteiger partial charge in [0.15, 0.2) is 0 Å². The Morgan fingerprint density at radius 2 is 1.62 bits per heavy atom. The average molecular weight is 478 g/mol. The van der Waals surface area contributed by atoms with Crippen LogP contribution in [0.1, 0.15) is 12.5 Å². The summed E-state index contributed by atoms with van der Waals surface area (Å²) in [5.74, 6) is 0. The van der Waals surface area contributed by atoms with Crippen molar-refractivity contribution in [1.82, 2.24) is 4.31 Å². The van der Waals surface area contributed by atoms with Crippen LogP contribution in [0.15, 0.2) is 77.7 Å². The summed E-state index contributed by atoms with van der Waals surface area (Å²) >= 11 is 0. The molecule has 1 unspecified atom stereocenters. The van der Waals surface area contributed by atoms with Gasteiger partial charge >= 0.3 is 6.03 Å². The van der Waals surface area contributed by atoms with E-state index in [1.165, 1.54) is 4.31 Å². The lowest BCUT2D eigenvalue weighted by atomic mass is 10.1. The van der Waals surface area contributed by atoms with Crippen LogP contribution in [-0.2, 0) is 21.2 Å². The van der Waals surface area contributed by atoms with Crippen LogP contribution in [0.25, 0.3) is 11.1 Å². The molecule has 8 heteroatoms. The second-order valence-corrected chi connectivity index (χ2v) is 10.5. The SMILES string of the molecule is CC1Cc2cc(S(=O)(=O)N3CCOCC3)ccc2N1C(=O)Nc1ccc(-c2ccccc2)cc1. The Balaban J connectivity index is 1.33. The molecule has 0 saturated carbocycles. The number of sulfonamides is 1. The number of nitrogens with zero attached hydrogens (tertiary/aromatic N) is 2. The Bertz CT molecular complexity index is 1290. The van der Waals surface area contributed by atoms with Crippen LogP contribution < -0.4 is 10.2 Å². The normalized spacial score (nSPS) is 18.5. The van der Waals surface area contributed by atoms with E-state index >= 15 is 0 Å². The fourth-order valence-electron chi connectivity index (χ4n) is 4.57. The van der Waals surface area contributed by atoms with Crippen molar-refractivity contribution < 1.29 is 17.9 Å². The fourth-order valence-corrected chi connectivity index (χ4v) is 6.03. The first-order valence-corrected chi connectivity index (χ1v) is 12.8. The zero-order valence-electron chi connectivity index (χ0n) is 19.0. The third-order valence-electron chi connectivity index (χ3n) is 6.34. The molecule has 2 aliphatic heterocycles. The van der Waals surface area contributed by atoms with Crippen molar-refractivity contribution in [3.8, 4) is 11.1 Å². The lowest BCUT2D eigenvalue weighted by Crippen LogP contribution is -2.40. The van der Waals surface area contributed by atoms with Crippen LogP contribution in [0.5, 0.6) is 0 Å². The highest BCUT2D eigenvalue weighted by atomic mass is 32.2. The van der Waals surface area contributed by atoms with Gasteiger partial charge in [-0.1, -0.05) is 42.5 Å². The maximum Gasteiger partial charge on any atom is 0.326 e. The van der Waals surface area contributed by atoms with E-state index in [2.05, 4.69) is 5.32 Å². The van der Waals surface area contributed by atoms with Gasteiger partial charge in [0.25, 0.3) is 0 Å². The summed E-state index contributed by atoms with van der Waals surface area (Å²) < 4.78 is 32.8. The average Bonchev–Trinajstić information content (AvgIpc) is 3.20. The number of carbonyl (C=O) groups is 1. The summed E-state index contributed by atoms with van der Waals surface area (Å²) in [4.78, 5) is 15.1. The molecule has 1 saturated heterocycles. The molecule has 34 heavy (non-hydrogen) atoms. The van der Waals surface area contributed by atoms with Crippen LogP contribution in [-0.4, -0.2) is 51.1 Å². The molecule has 3 aromatic rings. The number of morpholine rings is 1. The Kier molecular flexibility index (Phi) is 6.12. The molecule has 2 heterocycles. The Hall–Kier alpha value is -3.20. The molecule has 7 nitrogen and oxygen atoms in total. The van der Waals surface area contributed by atoms with Gasteiger partial charge in [-0.25, -0.2) is 13.2 Å². The van der Waals surface area contributed by atoms with E-state index in [1.54, 1.807) is 23.1 Å². The van der Waals surface area contributed by atoms with E-state index in [9.17, 15) is 13.2 Å². The number of hydrogen-bond donors (Lipinski definition) is 1. The number of benzene rings is 3. The lowest BCUT2D eigenvalue weighted by molar-refractivity contribution is 0.0730. The van der Waals surface area contributed by atoms with E-state index in [1.807, 2.05) is 61.5 Å². The van der Waals surface area contributed by atoms with Gasteiger partial charge < -0.3 is 10.1 Å². The molecule has 1 atom stereocenters. The van der Waals surface area contributed by atoms with E-state index in [0.29, 0.717) is 38.4 Å². The molecule has 0 radical (unpaired) electrons. The number of fused-ring (bicyclic) bond motifs is 1. The minimum Gasteiger partial charge on any atom is -0.379 e. The van der Waals surface area contributed by atoms with Gasteiger partial charge in [-0.15, -0.1) is 0 Å². The number of rotatable bonds is 4. The summed E-state index contributed by atoms with van der Waals surface area (Å²) in [5, 5.41) is 2.98. The van der Waals surface area contributed by atoms with Crippen LogP contribution in [0.2, 0.25) is 0 Å². The minimum absolute atomic E-state index is 0.0834. The number of amides is 2. The van der Waals surface area contributed by atoms with E-state index in [0.717, 1.165) is 22.4 Å². The highest BCUT2D eigenvalue weighted by molar-refractivity contribution is 7.89. The maximum atomic E-state index is 13.1. The van der Waals surface area contributed by atoms with Crippen molar-refractivity contribution >= 4 is 27.4 Å². The number of nitrogens with one attached hydrogen (secondary N) is 1. The first kappa shape index (κ1) is 22.6. The van der Waals surface area contributed by atoms with Crippen LogP contribution in [0.4, 0.5) is 16.2 Å². The molecule has 1 fully saturated rings. The quantitative estimate of drug-likeness (QED) is 0.606. The van der Waals surface area contributed by atoms with Gasteiger partial charge in [-0.3, -0.25) is 4.90 Å². The van der Waals surface area contributed by atoms with E-state index < -0.39 is 10.0 Å². The fraction of sp³-hybridized carbons (Fsp3) is 0.269. The second kappa shape index (κ2) is 9.21. The van der Waals surface area contributed by atoms with Crippen molar-refractivity contribution in [3.05, 3.63) is 78.4 Å². The Morgan fingerprint density at radius 3 is 2.32 bits per heavy atom. The number of carbonyl (C=O) groups excluding carboxylic acids is 1. The summed E-state index contributed by atoms with van der Waals surface area (Å²) in [6.07, 6.45) is 0.599. The maximum absolute atomic E-state index is 13.1. The lowest BCUT2D eigenvalue weighted by Gasteiger charge is -2.26. The minimum atomic E-state index is -3.58. The smallest absolute Gasteiger partial charge is 0.326 e. The highest BCUT2D eigenvalue weighted by Crippen LogP contribution is 2.35. The Labute approximate surface area is 200 Å². The molecule has 3 aromatic carbocycles. The van der Waals surface area contributed by atoms with Gasteiger partial charge in [-0.2, -0.15) is 4.31 Å². The standard InChI is InChI=1S/C26H27N3O4S/c1-19-17-22-18-24(34(31,32)28-13-15-33-16-14-28)11-12-25(22)29(19)26(30)27-23-9-7-21(8-10-23)20-5-3-2-4-6-20/h2-12,18-19H,13-17H2,1H3,(H,27,30). The largest absolute Gasteiger partial charge is 0.379 e. The predicted molar refractivity (Wildman–Crippen MR) is 133 cm³/mol. The zero-order valence-corrected chi connectivity index (χ0v) is 19.8. The van der Waals surface area contributed by atoms with E-state index in [-0.39, 0.29) is 17.0 Å². The molecule has 1 N–H and O–H groups in total. The molecule has 2 amide bonds. The third-order valence-corrected chi connectivity index (χ3v) is 8.23. The summed E-state index contributed by atoms with van der Waals surface area (Å²) in [6.45, 7) is 3.48. The zero-order chi connectivity index (χ0) is 23.7. The predicted octanol–water partition coefficient (Wildman–Crippen LogP) is 4.36. The molecular weight excluding hydrogens is 450 g/mol. The summed E-state index contributed by atoms with van der Waals surface area (Å²) in [5.41, 5.74) is 4.50. The summed E-state index contributed by atoms with van der Waals surface area (Å²) in [6, 6.07) is 22.5. The molecular formula is C26H27N3O4S. The van der Waals surface area contributed by atoms with Gasteiger partial charge in [-0.05, 0) is 60.4 Å². The van der Waals surface area contributed by atoms with Gasteiger partial charge in [0.1, 0.15) is 0 Å². The molecule has 0 aromatic heterocycles. The monoisotopic (exact) mass is 477 g/mol. The molecule has 176 valence electrons. The number of hydrogen-bond acceptors (Lipinski definition) is 4. The molecule has 5 rings (SSSR count). The number of ether oxygens (including phenoxy) is 1. The van der Waals surface area contributed by atoms with E-state index in [4.69, 9.17) is 4.74 Å². The topological polar surface area (TPSA) is 79.0 Å². The van der Waals surface area contributed by atoms with Crippen molar-refractivity contribution in [2.24, 2.45) is 0 Å². The van der Waals surface area contributed by atoms with Gasteiger partial charge in [0, 0.05) is 30.5 Å². The number of urea groups is 1. The molecule has 0 bridgehead atoms. The molecule has 0 aliphatic carbocycles. The van der Waals surface area contributed by atoms with Crippen molar-refractivity contribution in [2.75, 3.05) is 36.5 Å². The Morgan fingerprint density at radius 1 is 0.941 bits per heavy atom. The van der Waals surface area contributed by atoms with Crippen LogP contribution >= 0.6 is 0 Å². The second-order valence-electron chi connectivity index (χ2n) is 8.60. The first-order valence-electron chi connectivity index (χ1n) is 11.4. The highest BCUT2D eigenvalue weighted by Gasteiger charge is 2.33. The van der Waals surface area contributed by atoms with Gasteiger partial charge in [0.2, 0.25) is 10.0 Å². The third kappa shape index (κ3) is 4.32. The van der Waals surface area contributed by atoms with Crippen LogP contribution in [0, 0.1) is 0 Å². The molecule has 0 spiro atoms. The first-order chi connectivity index (χ1) is 16.4. The van der Waals surface area contributed by atoms with Gasteiger partial charge in [0.05, 0.1) is 18.1 Å². The van der Waals surface area contributed by atoms with Crippen LogP contribution in [0.3, 0.4) is 0 Å². The molecule has 2 aliphatic rings. The van der Waals surface area contributed by atoms with Crippen molar-refractivity contribution in [2.45, 2.75) is 24.3 Å².